The third-order valence-corrected chi connectivity index (χ3v) is 4.56. The Labute approximate surface area is 148 Å². The van der Waals surface area contributed by atoms with E-state index < -0.39 is 0 Å². The summed E-state index contributed by atoms with van der Waals surface area (Å²) in [6.07, 6.45) is 0.915. The first-order chi connectivity index (χ1) is 11.6. The molecule has 1 amide bonds. The molecule has 0 atom stereocenters. The number of benzene rings is 1. The smallest absolute Gasteiger partial charge is 0.226 e. The average Bonchev–Trinajstić information content (AvgIpc) is 3.17. The van der Waals surface area contributed by atoms with Crippen LogP contribution in [0.15, 0.2) is 40.2 Å². The van der Waals surface area contributed by atoms with Gasteiger partial charge in [0.1, 0.15) is 10.8 Å². The van der Waals surface area contributed by atoms with E-state index in [1.165, 1.54) is 0 Å². The molecule has 0 spiro atoms. The predicted molar refractivity (Wildman–Crippen MR) is 94.2 cm³/mol. The van der Waals surface area contributed by atoms with Gasteiger partial charge in [0, 0.05) is 35.0 Å². The van der Waals surface area contributed by atoms with Crippen molar-refractivity contribution in [2.45, 2.75) is 19.8 Å². The van der Waals surface area contributed by atoms with Gasteiger partial charge < -0.3 is 9.84 Å². The fourth-order valence-corrected chi connectivity index (χ4v) is 3.19. The second-order valence-corrected chi connectivity index (χ2v) is 6.65. The molecule has 0 fully saturated rings. The zero-order chi connectivity index (χ0) is 16.9. The number of nitrogens with zero attached hydrogens (tertiary/aromatic N) is 2. The Balaban J connectivity index is 1.48. The van der Waals surface area contributed by atoms with E-state index in [1.54, 1.807) is 24.3 Å². The highest BCUT2D eigenvalue weighted by atomic mass is 35.5. The second-order valence-electron chi connectivity index (χ2n) is 5.36. The molecule has 7 heteroatoms. The molecule has 1 aromatic carbocycles. The lowest BCUT2D eigenvalue weighted by Gasteiger charge is -2.02. The summed E-state index contributed by atoms with van der Waals surface area (Å²) in [5.74, 6) is 0.631. The molecule has 0 radical (unpaired) electrons. The molecule has 0 aliphatic rings. The van der Waals surface area contributed by atoms with Crippen LogP contribution in [-0.2, 0) is 17.6 Å². The van der Waals surface area contributed by atoms with Gasteiger partial charge in [0.25, 0.3) is 0 Å². The number of hydrogen-bond donors (Lipinski definition) is 1. The van der Waals surface area contributed by atoms with Crippen molar-refractivity contribution < 1.29 is 9.32 Å². The normalized spacial score (nSPS) is 10.8. The van der Waals surface area contributed by atoms with E-state index in [9.17, 15) is 4.79 Å². The summed E-state index contributed by atoms with van der Waals surface area (Å²) in [7, 11) is 0. The van der Waals surface area contributed by atoms with E-state index in [4.69, 9.17) is 16.1 Å². The molecule has 24 heavy (non-hydrogen) atoms. The molecule has 2 aromatic heterocycles. The largest absolute Gasteiger partial charge is 0.361 e. The van der Waals surface area contributed by atoms with E-state index in [0.29, 0.717) is 29.4 Å². The van der Waals surface area contributed by atoms with Crippen molar-refractivity contribution in [2.75, 3.05) is 6.54 Å². The van der Waals surface area contributed by atoms with Gasteiger partial charge in [0.15, 0.2) is 0 Å². The van der Waals surface area contributed by atoms with Gasteiger partial charge in [0.05, 0.1) is 17.8 Å². The van der Waals surface area contributed by atoms with Gasteiger partial charge in [-0.3, -0.25) is 4.79 Å². The maximum atomic E-state index is 11.8. The lowest BCUT2D eigenvalue weighted by atomic mass is 10.2. The summed E-state index contributed by atoms with van der Waals surface area (Å²) in [4.78, 5) is 16.4. The van der Waals surface area contributed by atoms with E-state index in [0.717, 1.165) is 16.3 Å². The van der Waals surface area contributed by atoms with Gasteiger partial charge in [-0.2, -0.15) is 0 Å². The predicted octanol–water partition coefficient (Wildman–Crippen LogP) is 3.66. The minimum Gasteiger partial charge on any atom is -0.361 e. The Morgan fingerprint density at radius 1 is 1.29 bits per heavy atom. The third kappa shape index (κ3) is 4.43. The Morgan fingerprint density at radius 2 is 2.08 bits per heavy atom. The van der Waals surface area contributed by atoms with Gasteiger partial charge in [-0.15, -0.1) is 11.3 Å². The van der Waals surface area contributed by atoms with Crippen LogP contribution in [-0.4, -0.2) is 22.6 Å². The Bertz CT molecular complexity index is 826. The highest BCUT2D eigenvalue weighted by molar-refractivity contribution is 7.13. The monoisotopic (exact) mass is 361 g/mol. The van der Waals surface area contributed by atoms with Crippen molar-refractivity contribution in [1.29, 1.82) is 0 Å². The highest BCUT2D eigenvalue weighted by Crippen LogP contribution is 2.25. The molecule has 124 valence electrons. The third-order valence-electron chi connectivity index (χ3n) is 3.36. The number of aromatic nitrogens is 2. The summed E-state index contributed by atoms with van der Waals surface area (Å²) in [6.45, 7) is 2.34. The van der Waals surface area contributed by atoms with Crippen LogP contribution >= 0.6 is 22.9 Å². The second kappa shape index (κ2) is 7.59. The van der Waals surface area contributed by atoms with Gasteiger partial charge in [0.2, 0.25) is 5.91 Å². The number of thiazole rings is 1. The topological polar surface area (TPSA) is 68.0 Å². The van der Waals surface area contributed by atoms with Crippen LogP contribution in [0.25, 0.3) is 10.6 Å². The number of nitrogens with one attached hydrogen (secondary N) is 1. The summed E-state index contributed by atoms with van der Waals surface area (Å²) < 4.78 is 4.94. The van der Waals surface area contributed by atoms with Crippen molar-refractivity contribution in [3.63, 3.8) is 0 Å². The van der Waals surface area contributed by atoms with Gasteiger partial charge >= 0.3 is 0 Å². The maximum Gasteiger partial charge on any atom is 0.226 e. The van der Waals surface area contributed by atoms with Crippen molar-refractivity contribution in [1.82, 2.24) is 15.5 Å². The minimum absolute atomic E-state index is 0.0727. The molecule has 2 heterocycles. The molecule has 0 bridgehead atoms. The van der Waals surface area contributed by atoms with Crippen molar-refractivity contribution in [2.24, 2.45) is 0 Å². The first kappa shape index (κ1) is 16.7. The molecular weight excluding hydrogens is 346 g/mol. The number of amides is 1. The lowest BCUT2D eigenvalue weighted by Crippen LogP contribution is -2.27. The summed E-state index contributed by atoms with van der Waals surface area (Å²) in [5, 5.41) is 10.4. The molecule has 0 unspecified atom stereocenters. The van der Waals surface area contributed by atoms with E-state index in [1.807, 2.05) is 29.6 Å². The minimum atomic E-state index is -0.0727. The van der Waals surface area contributed by atoms with Crippen LogP contribution in [0.3, 0.4) is 0 Å². The molecule has 3 rings (SSSR count). The average molecular weight is 362 g/mol. The summed E-state index contributed by atoms with van der Waals surface area (Å²) in [5.41, 5.74) is 2.65. The quantitative estimate of drug-likeness (QED) is 0.727. The zero-order valence-corrected chi connectivity index (χ0v) is 14.7. The first-order valence-corrected chi connectivity index (χ1v) is 8.75. The van der Waals surface area contributed by atoms with Crippen LogP contribution in [0.1, 0.15) is 17.1 Å². The lowest BCUT2D eigenvalue weighted by molar-refractivity contribution is -0.120. The van der Waals surface area contributed by atoms with Gasteiger partial charge in [-0.05, 0) is 19.1 Å². The number of hydrogen-bond acceptors (Lipinski definition) is 5. The van der Waals surface area contributed by atoms with Crippen molar-refractivity contribution in [3.8, 4) is 10.6 Å². The highest BCUT2D eigenvalue weighted by Gasteiger charge is 2.08. The Hall–Kier alpha value is -2.18. The van der Waals surface area contributed by atoms with E-state index >= 15 is 0 Å². The molecule has 3 aromatic rings. The van der Waals surface area contributed by atoms with E-state index in [2.05, 4.69) is 15.5 Å². The number of halogens is 1. The number of rotatable bonds is 6. The van der Waals surface area contributed by atoms with Crippen molar-refractivity contribution in [3.05, 3.63) is 57.9 Å². The van der Waals surface area contributed by atoms with Crippen LogP contribution in [0, 0.1) is 6.92 Å². The first-order valence-electron chi connectivity index (χ1n) is 7.49. The summed E-state index contributed by atoms with van der Waals surface area (Å²) >= 11 is 7.48. The van der Waals surface area contributed by atoms with Crippen LogP contribution in [0.2, 0.25) is 5.02 Å². The van der Waals surface area contributed by atoms with Gasteiger partial charge in [-0.25, -0.2) is 4.98 Å². The standard InChI is InChI=1S/C17H16ClN3O2S/c1-11-8-15(21-23-11)9-16(22)19-7-6-14-10-24-17(20-14)12-2-4-13(18)5-3-12/h2-5,8,10H,6-7,9H2,1H3,(H,19,22). The maximum absolute atomic E-state index is 11.8. The molecule has 0 aliphatic heterocycles. The Morgan fingerprint density at radius 3 is 2.79 bits per heavy atom. The number of carbonyl (C=O) groups excluding carboxylic acids is 1. The summed E-state index contributed by atoms with van der Waals surface area (Å²) in [6, 6.07) is 9.37. The molecule has 0 saturated heterocycles. The van der Waals surface area contributed by atoms with Crippen LogP contribution in [0.4, 0.5) is 0 Å². The molecule has 0 saturated carbocycles. The molecular formula is C17H16ClN3O2S. The van der Waals surface area contributed by atoms with Gasteiger partial charge in [-0.1, -0.05) is 28.9 Å². The fraction of sp³-hybridized carbons (Fsp3) is 0.235. The number of carbonyl (C=O) groups is 1. The SMILES string of the molecule is Cc1cc(CC(=O)NCCc2csc(-c3ccc(Cl)cc3)n2)no1. The van der Waals surface area contributed by atoms with Crippen LogP contribution in [0.5, 0.6) is 0 Å². The molecule has 0 aliphatic carbocycles. The number of aryl methyl sites for hydroxylation is 1. The fourth-order valence-electron chi connectivity index (χ4n) is 2.21. The molecule has 5 nitrogen and oxygen atoms in total. The zero-order valence-electron chi connectivity index (χ0n) is 13.1. The van der Waals surface area contributed by atoms with Crippen molar-refractivity contribution >= 4 is 28.8 Å². The van der Waals surface area contributed by atoms with Crippen LogP contribution < -0.4 is 5.32 Å². The Kier molecular flexibility index (Phi) is 5.27. The van der Waals surface area contributed by atoms with E-state index in [-0.39, 0.29) is 12.3 Å². The molecule has 1 N–H and O–H groups in total.